The van der Waals surface area contributed by atoms with Gasteiger partial charge in [0.05, 0.1) is 19.2 Å². The standard InChI is InChI=1S/C23H24N4O2/c1-15-3-5-16(6-4-15)20-13-21(17-9-11-19(29-2)12-10-17)27-23(24-14-25-27)26(20)22(28)18-7-8-18/h3-6,9-12,14,18,20-21H,7-8,13H2,1-2H3/t20-,21-/m0/s1. The number of aromatic nitrogens is 3. The number of carbonyl (C=O) groups is 1. The molecule has 1 amide bonds. The lowest BCUT2D eigenvalue weighted by atomic mass is 9.91. The molecule has 2 heterocycles. The van der Waals surface area contributed by atoms with Crippen LogP contribution >= 0.6 is 0 Å². The number of hydrogen-bond donors (Lipinski definition) is 0. The molecule has 1 saturated carbocycles. The minimum absolute atomic E-state index is 0.00737. The summed E-state index contributed by atoms with van der Waals surface area (Å²) in [6.07, 6.45) is 4.23. The van der Waals surface area contributed by atoms with Gasteiger partial charge in [0.15, 0.2) is 0 Å². The Balaban J connectivity index is 1.60. The number of benzene rings is 2. The van der Waals surface area contributed by atoms with E-state index in [4.69, 9.17) is 4.74 Å². The van der Waals surface area contributed by atoms with E-state index in [0.717, 1.165) is 36.1 Å². The summed E-state index contributed by atoms with van der Waals surface area (Å²) in [6.45, 7) is 2.08. The third-order valence-corrected chi connectivity index (χ3v) is 5.95. The molecule has 2 aromatic carbocycles. The molecular weight excluding hydrogens is 364 g/mol. The number of carbonyl (C=O) groups excluding carboxylic acids is 1. The maximum Gasteiger partial charge on any atom is 0.233 e. The van der Waals surface area contributed by atoms with Crippen molar-refractivity contribution in [1.82, 2.24) is 14.8 Å². The smallest absolute Gasteiger partial charge is 0.233 e. The Labute approximate surface area is 170 Å². The molecule has 0 radical (unpaired) electrons. The summed E-state index contributed by atoms with van der Waals surface area (Å²) in [5.74, 6) is 1.74. The first-order valence-electron chi connectivity index (χ1n) is 10.1. The van der Waals surface area contributed by atoms with Crippen LogP contribution in [0, 0.1) is 12.8 Å². The minimum atomic E-state index is -0.0625. The summed E-state index contributed by atoms with van der Waals surface area (Å²) < 4.78 is 7.20. The van der Waals surface area contributed by atoms with Crippen LogP contribution in [0.25, 0.3) is 0 Å². The molecule has 5 rings (SSSR count). The highest BCUT2D eigenvalue weighted by Gasteiger charge is 2.44. The third kappa shape index (κ3) is 3.18. The maximum absolute atomic E-state index is 13.2. The van der Waals surface area contributed by atoms with Crippen LogP contribution in [0.3, 0.4) is 0 Å². The third-order valence-electron chi connectivity index (χ3n) is 5.95. The van der Waals surface area contributed by atoms with Gasteiger partial charge in [0.1, 0.15) is 12.1 Å². The first kappa shape index (κ1) is 17.9. The molecule has 1 aliphatic carbocycles. The Bertz CT molecular complexity index is 1020. The summed E-state index contributed by atoms with van der Waals surface area (Å²) in [5.41, 5.74) is 3.48. The topological polar surface area (TPSA) is 60.2 Å². The molecular formula is C23H24N4O2. The van der Waals surface area contributed by atoms with E-state index in [2.05, 4.69) is 53.4 Å². The fourth-order valence-corrected chi connectivity index (χ4v) is 4.15. The molecule has 1 fully saturated rings. The number of nitrogens with zero attached hydrogens (tertiary/aromatic N) is 4. The van der Waals surface area contributed by atoms with Gasteiger partial charge in [-0.25, -0.2) is 4.68 Å². The van der Waals surface area contributed by atoms with Crippen molar-refractivity contribution in [1.29, 1.82) is 0 Å². The molecule has 1 aliphatic heterocycles. The number of rotatable bonds is 4. The van der Waals surface area contributed by atoms with E-state index in [-0.39, 0.29) is 23.9 Å². The molecule has 6 nitrogen and oxygen atoms in total. The number of aryl methyl sites for hydroxylation is 1. The monoisotopic (exact) mass is 388 g/mol. The lowest BCUT2D eigenvalue weighted by Crippen LogP contribution is -2.43. The fraction of sp³-hybridized carbons (Fsp3) is 0.348. The van der Waals surface area contributed by atoms with Crippen molar-refractivity contribution in [3.05, 3.63) is 71.5 Å². The van der Waals surface area contributed by atoms with E-state index in [1.807, 2.05) is 21.7 Å². The molecule has 0 saturated heterocycles. The fourth-order valence-electron chi connectivity index (χ4n) is 4.15. The second-order valence-corrected chi connectivity index (χ2v) is 7.94. The van der Waals surface area contributed by atoms with Gasteiger partial charge in [0.2, 0.25) is 11.9 Å². The number of fused-ring (bicyclic) bond motifs is 1. The molecule has 0 unspecified atom stereocenters. The van der Waals surface area contributed by atoms with Crippen LogP contribution in [-0.2, 0) is 4.79 Å². The number of ether oxygens (including phenoxy) is 1. The summed E-state index contributed by atoms with van der Waals surface area (Å²) in [7, 11) is 1.67. The van der Waals surface area contributed by atoms with Crippen molar-refractivity contribution in [3.63, 3.8) is 0 Å². The number of amides is 1. The molecule has 29 heavy (non-hydrogen) atoms. The number of hydrogen-bond acceptors (Lipinski definition) is 4. The van der Waals surface area contributed by atoms with Gasteiger partial charge in [0.25, 0.3) is 0 Å². The summed E-state index contributed by atoms with van der Waals surface area (Å²) >= 11 is 0. The normalized spacial score (nSPS) is 21.0. The average molecular weight is 388 g/mol. The van der Waals surface area contributed by atoms with Gasteiger partial charge in [-0.15, -0.1) is 0 Å². The van der Waals surface area contributed by atoms with Crippen molar-refractivity contribution in [2.45, 2.75) is 38.3 Å². The van der Waals surface area contributed by atoms with Crippen LogP contribution in [0.15, 0.2) is 54.9 Å². The van der Waals surface area contributed by atoms with Crippen molar-refractivity contribution in [2.24, 2.45) is 5.92 Å². The van der Waals surface area contributed by atoms with Crippen LogP contribution in [-0.4, -0.2) is 27.8 Å². The first-order valence-corrected chi connectivity index (χ1v) is 10.1. The second-order valence-electron chi connectivity index (χ2n) is 7.94. The zero-order chi connectivity index (χ0) is 20.0. The first-order chi connectivity index (χ1) is 14.2. The Morgan fingerprint density at radius 3 is 2.31 bits per heavy atom. The highest BCUT2D eigenvalue weighted by Crippen LogP contribution is 2.44. The predicted molar refractivity (Wildman–Crippen MR) is 110 cm³/mol. The lowest BCUT2D eigenvalue weighted by molar-refractivity contribution is -0.120. The molecule has 0 N–H and O–H groups in total. The highest BCUT2D eigenvalue weighted by atomic mass is 16.5. The zero-order valence-electron chi connectivity index (χ0n) is 16.7. The Kier molecular flexibility index (Phi) is 4.34. The van der Waals surface area contributed by atoms with Gasteiger partial charge >= 0.3 is 0 Å². The summed E-state index contributed by atoms with van der Waals surface area (Å²) in [6, 6.07) is 16.5. The molecule has 0 bridgehead atoms. The van der Waals surface area contributed by atoms with E-state index < -0.39 is 0 Å². The van der Waals surface area contributed by atoms with Gasteiger partial charge in [0, 0.05) is 5.92 Å². The van der Waals surface area contributed by atoms with Crippen LogP contribution in [0.2, 0.25) is 0 Å². The predicted octanol–water partition coefficient (Wildman–Crippen LogP) is 4.07. The number of methoxy groups -OCH3 is 1. The van der Waals surface area contributed by atoms with E-state index in [0.29, 0.717) is 5.95 Å². The molecule has 0 spiro atoms. The van der Waals surface area contributed by atoms with E-state index in [1.54, 1.807) is 13.4 Å². The van der Waals surface area contributed by atoms with Crippen LogP contribution < -0.4 is 9.64 Å². The van der Waals surface area contributed by atoms with Crippen LogP contribution in [0.5, 0.6) is 5.75 Å². The lowest BCUT2D eigenvalue weighted by Gasteiger charge is -2.39. The van der Waals surface area contributed by atoms with E-state index in [1.165, 1.54) is 5.56 Å². The van der Waals surface area contributed by atoms with Crippen LogP contribution in [0.4, 0.5) is 5.95 Å². The minimum Gasteiger partial charge on any atom is -0.497 e. The van der Waals surface area contributed by atoms with Crippen LogP contribution in [0.1, 0.15) is 48.0 Å². The SMILES string of the molecule is COc1ccc([C@@H]2C[C@@H](c3ccc(C)cc3)N(C(=O)C3CC3)c3ncnn32)cc1. The zero-order valence-corrected chi connectivity index (χ0v) is 16.7. The van der Waals surface area contributed by atoms with Gasteiger partial charge in [-0.05, 0) is 49.4 Å². The van der Waals surface area contributed by atoms with Gasteiger partial charge in [-0.2, -0.15) is 10.1 Å². The van der Waals surface area contributed by atoms with Crippen molar-refractivity contribution in [3.8, 4) is 5.75 Å². The molecule has 2 atom stereocenters. The molecule has 6 heteroatoms. The van der Waals surface area contributed by atoms with Gasteiger partial charge in [-0.1, -0.05) is 42.0 Å². The highest BCUT2D eigenvalue weighted by molar-refractivity contribution is 5.96. The largest absolute Gasteiger partial charge is 0.497 e. The molecule has 3 aromatic rings. The second kappa shape index (κ2) is 7.03. The molecule has 148 valence electrons. The Morgan fingerprint density at radius 1 is 1.00 bits per heavy atom. The van der Waals surface area contributed by atoms with Gasteiger partial charge in [-0.3, -0.25) is 9.69 Å². The van der Waals surface area contributed by atoms with Crippen molar-refractivity contribution in [2.75, 3.05) is 12.0 Å². The maximum atomic E-state index is 13.2. The quantitative estimate of drug-likeness (QED) is 0.676. The summed E-state index contributed by atoms with van der Waals surface area (Å²) in [5, 5.41) is 4.49. The van der Waals surface area contributed by atoms with Gasteiger partial charge < -0.3 is 4.74 Å². The Hall–Kier alpha value is -3.15. The Morgan fingerprint density at radius 2 is 1.66 bits per heavy atom. The molecule has 2 aliphatic rings. The number of anilines is 1. The molecule has 1 aromatic heterocycles. The average Bonchev–Trinajstić information content (AvgIpc) is 3.50. The van der Waals surface area contributed by atoms with E-state index >= 15 is 0 Å². The van der Waals surface area contributed by atoms with Crippen molar-refractivity contribution >= 4 is 11.9 Å². The summed E-state index contributed by atoms with van der Waals surface area (Å²) in [4.78, 5) is 19.6. The van der Waals surface area contributed by atoms with Crippen molar-refractivity contribution < 1.29 is 9.53 Å². The van der Waals surface area contributed by atoms with E-state index in [9.17, 15) is 4.79 Å².